The van der Waals surface area contributed by atoms with Gasteiger partial charge in [-0.15, -0.1) is 0 Å². The van der Waals surface area contributed by atoms with Crippen molar-refractivity contribution in [3.8, 4) is 0 Å². The molecular weight excluding hydrogens is 438 g/mol. The third-order valence-electron chi connectivity index (χ3n) is 8.21. The van der Waals surface area contributed by atoms with Gasteiger partial charge < -0.3 is 15.1 Å². The van der Waals surface area contributed by atoms with Crippen LogP contribution in [-0.2, 0) is 9.59 Å². The summed E-state index contributed by atoms with van der Waals surface area (Å²) in [6.07, 6.45) is 8.58. The molecular formula is C28H39N5O2. The van der Waals surface area contributed by atoms with Crippen LogP contribution in [-0.4, -0.2) is 71.9 Å². The van der Waals surface area contributed by atoms with E-state index in [4.69, 9.17) is 4.98 Å². The molecule has 1 aromatic heterocycles. The Balaban J connectivity index is 1.16. The zero-order valence-corrected chi connectivity index (χ0v) is 21.3. The first kappa shape index (κ1) is 24.0. The molecule has 1 N–H and O–H groups in total. The Bertz CT molecular complexity index is 1060. The average Bonchev–Trinajstić information content (AvgIpc) is 2.89. The number of aryl methyl sites for hydroxylation is 1. The first-order valence-electron chi connectivity index (χ1n) is 13.4. The van der Waals surface area contributed by atoms with E-state index in [-0.39, 0.29) is 11.8 Å². The number of anilines is 2. The number of amides is 2. The van der Waals surface area contributed by atoms with Gasteiger partial charge in [0.05, 0.1) is 5.52 Å². The molecule has 0 unspecified atom stereocenters. The van der Waals surface area contributed by atoms with Gasteiger partial charge in [-0.1, -0.05) is 19.3 Å². The lowest BCUT2D eigenvalue weighted by Gasteiger charge is -2.42. The molecule has 0 radical (unpaired) electrons. The molecule has 3 heterocycles. The van der Waals surface area contributed by atoms with Crippen molar-refractivity contribution < 1.29 is 9.59 Å². The van der Waals surface area contributed by atoms with Crippen LogP contribution in [0.4, 0.5) is 11.5 Å². The molecule has 1 saturated carbocycles. The lowest BCUT2D eigenvalue weighted by molar-refractivity contribution is -0.138. The maximum atomic E-state index is 13.3. The Hall–Kier alpha value is -2.67. The van der Waals surface area contributed by atoms with Crippen molar-refractivity contribution in [2.24, 2.45) is 5.92 Å². The number of benzene rings is 1. The monoisotopic (exact) mass is 477 g/mol. The molecule has 0 spiro atoms. The third-order valence-corrected chi connectivity index (χ3v) is 8.21. The molecule has 0 bridgehead atoms. The molecule has 188 valence electrons. The summed E-state index contributed by atoms with van der Waals surface area (Å²) in [5, 5.41) is 3.90. The highest BCUT2D eigenvalue weighted by Crippen LogP contribution is 2.29. The van der Waals surface area contributed by atoms with Crippen LogP contribution in [0.25, 0.3) is 10.9 Å². The summed E-state index contributed by atoms with van der Waals surface area (Å²) < 4.78 is 0. The van der Waals surface area contributed by atoms with Crippen LogP contribution >= 0.6 is 0 Å². The number of nitrogens with zero attached hydrogens (tertiary/aromatic N) is 4. The number of pyridine rings is 1. The molecule has 7 nitrogen and oxygen atoms in total. The van der Waals surface area contributed by atoms with E-state index in [1.807, 2.05) is 18.2 Å². The van der Waals surface area contributed by atoms with E-state index >= 15 is 0 Å². The number of hydrogen-bond donors (Lipinski definition) is 1. The Kier molecular flexibility index (Phi) is 7.23. The van der Waals surface area contributed by atoms with Gasteiger partial charge in [-0.25, -0.2) is 4.98 Å². The van der Waals surface area contributed by atoms with Crippen molar-refractivity contribution in [2.75, 3.05) is 49.5 Å². The Morgan fingerprint density at radius 2 is 1.63 bits per heavy atom. The summed E-state index contributed by atoms with van der Waals surface area (Å²) in [5.41, 5.74) is 2.87. The number of nitrogens with one attached hydrogen (secondary N) is 1. The molecule has 1 aliphatic carbocycles. The minimum atomic E-state index is -0.0740. The normalized spacial score (nSPS) is 20.9. The highest BCUT2D eigenvalue weighted by molar-refractivity contribution is 5.93. The van der Waals surface area contributed by atoms with Gasteiger partial charge in [0.1, 0.15) is 5.82 Å². The highest BCUT2D eigenvalue weighted by Gasteiger charge is 2.32. The van der Waals surface area contributed by atoms with E-state index < -0.39 is 0 Å². The van der Waals surface area contributed by atoms with Gasteiger partial charge in [0.25, 0.3) is 0 Å². The van der Waals surface area contributed by atoms with Crippen LogP contribution < -0.4 is 10.2 Å². The van der Waals surface area contributed by atoms with Crippen LogP contribution in [0, 0.1) is 12.8 Å². The summed E-state index contributed by atoms with van der Waals surface area (Å²) in [4.78, 5) is 36.6. The van der Waals surface area contributed by atoms with Crippen molar-refractivity contribution in [1.82, 2.24) is 14.8 Å². The number of piperidine rings is 1. The van der Waals surface area contributed by atoms with Crippen molar-refractivity contribution in [3.05, 3.63) is 29.8 Å². The first-order chi connectivity index (χ1) is 17.0. The summed E-state index contributed by atoms with van der Waals surface area (Å²) in [6.45, 7) is 9.19. The van der Waals surface area contributed by atoms with E-state index in [9.17, 15) is 9.59 Å². The minimum absolute atomic E-state index is 0.0740. The average molecular weight is 478 g/mol. The summed E-state index contributed by atoms with van der Waals surface area (Å²) in [5.74, 6) is 1.40. The molecule has 2 aromatic rings. The molecule has 35 heavy (non-hydrogen) atoms. The predicted molar refractivity (Wildman–Crippen MR) is 141 cm³/mol. The molecule has 3 fully saturated rings. The van der Waals surface area contributed by atoms with Gasteiger partial charge in [0, 0.05) is 69.2 Å². The lowest BCUT2D eigenvalue weighted by Crippen LogP contribution is -2.54. The Morgan fingerprint density at radius 1 is 0.914 bits per heavy atom. The molecule has 2 amide bonds. The largest absolute Gasteiger partial charge is 0.357 e. The number of piperazine rings is 1. The standard InChI is InChI=1S/C28H39N5O2/c1-20-18-27(30-26-9-8-23(19-25(20)26)29-21(2)34)32-12-10-22(11-13-32)28(35)33-16-14-31(15-17-33)24-6-4-3-5-7-24/h8-9,18-19,22,24H,3-7,10-17H2,1-2H3,(H,29,34). The van der Waals surface area contributed by atoms with E-state index in [1.165, 1.54) is 39.0 Å². The Morgan fingerprint density at radius 3 is 2.31 bits per heavy atom. The SMILES string of the molecule is CC(=O)Nc1ccc2nc(N3CCC(C(=O)N4CCN(C5CCCCC5)CC4)CC3)cc(C)c2c1. The Labute approximate surface area is 208 Å². The molecule has 0 atom stereocenters. The zero-order valence-electron chi connectivity index (χ0n) is 21.3. The third kappa shape index (κ3) is 5.45. The van der Waals surface area contributed by atoms with E-state index in [0.29, 0.717) is 5.91 Å². The maximum absolute atomic E-state index is 13.3. The summed E-state index contributed by atoms with van der Waals surface area (Å²) >= 11 is 0. The van der Waals surface area contributed by atoms with Crippen LogP contribution in [0.1, 0.15) is 57.4 Å². The maximum Gasteiger partial charge on any atom is 0.225 e. The quantitative estimate of drug-likeness (QED) is 0.715. The van der Waals surface area contributed by atoms with Gasteiger partial charge >= 0.3 is 0 Å². The smallest absolute Gasteiger partial charge is 0.225 e. The van der Waals surface area contributed by atoms with Gasteiger partial charge in [0.15, 0.2) is 0 Å². The molecule has 2 aliphatic heterocycles. The fraction of sp³-hybridized carbons (Fsp3) is 0.607. The van der Waals surface area contributed by atoms with Crippen molar-refractivity contribution in [1.29, 1.82) is 0 Å². The van der Waals surface area contributed by atoms with Gasteiger partial charge in [0.2, 0.25) is 11.8 Å². The minimum Gasteiger partial charge on any atom is -0.357 e. The number of rotatable bonds is 4. The van der Waals surface area contributed by atoms with Crippen LogP contribution in [0.3, 0.4) is 0 Å². The van der Waals surface area contributed by atoms with Gasteiger partial charge in [-0.3, -0.25) is 14.5 Å². The number of hydrogen-bond acceptors (Lipinski definition) is 5. The second-order valence-corrected chi connectivity index (χ2v) is 10.6. The molecule has 5 rings (SSSR count). The van der Waals surface area contributed by atoms with Crippen LogP contribution in [0.5, 0.6) is 0 Å². The molecule has 1 aromatic carbocycles. The number of aromatic nitrogens is 1. The lowest BCUT2D eigenvalue weighted by atomic mass is 9.93. The second kappa shape index (κ2) is 10.5. The van der Waals surface area contributed by atoms with E-state index in [2.05, 4.69) is 33.0 Å². The number of fused-ring (bicyclic) bond motifs is 1. The van der Waals surface area contributed by atoms with Crippen molar-refractivity contribution >= 4 is 34.2 Å². The van der Waals surface area contributed by atoms with E-state index in [1.54, 1.807) is 0 Å². The molecule has 3 aliphatic rings. The second-order valence-electron chi connectivity index (χ2n) is 10.6. The highest BCUT2D eigenvalue weighted by atomic mass is 16.2. The fourth-order valence-electron chi connectivity index (χ4n) is 6.19. The number of carbonyl (C=O) groups excluding carboxylic acids is 2. The van der Waals surface area contributed by atoms with Gasteiger partial charge in [-0.05, 0) is 62.4 Å². The van der Waals surface area contributed by atoms with Crippen LogP contribution in [0.15, 0.2) is 24.3 Å². The molecule has 2 saturated heterocycles. The van der Waals surface area contributed by atoms with E-state index in [0.717, 1.165) is 86.1 Å². The van der Waals surface area contributed by atoms with Crippen LogP contribution in [0.2, 0.25) is 0 Å². The zero-order chi connectivity index (χ0) is 24.4. The number of carbonyl (C=O) groups is 2. The van der Waals surface area contributed by atoms with Gasteiger partial charge in [-0.2, -0.15) is 0 Å². The topological polar surface area (TPSA) is 68.8 Å². The summed E-state index contributed by atoms with van der Waals surface area (Å²) in [6, 6.07) is 8.74. The molecule has 7 heteroatoms. The summed E-state index contributed by atoms with van der Waals surface area (Å²) in [7, 11) is 0. The predicted octanol–water partition coefficient (Wildman–Crippen LogP) is 4.19. The first-order valence-corrected chi connectivity index (χ1v) is 13.4. The van der Waals surface area contributed by atoms with Crippen molar-refractivity contribution in [2.45, 2.75) is 64.8 Å². The van der Waals surface area contributed by atoms with Crippen molar-refractivity contribution in [3.63, 3.8) is 0 Å². The fourth-order valence-corrected chi connectivity index (χ4v) is 6.19.